The molecule has 1 saturated carbocycles. The highest BCUT2D eigenvalue weighted by molar-refractivity contribution is 7.80. The maximum atomic E-state index is 12.2. The molecule has 27 heavy (non-hydrogen) atoms. The van der Waals surface area contributed by atoms with E-state index in [4.69, 9.17) is 12.2 Å². The minimum absolute atomic E-state index is 0.0895. The quantitative estimate of drug-likeness (QED) is 0.396. The van der Waals surface area contributed by atoms with Gasteiger partial charge in [0.25, 0.3) is 5.69 Å². The minimum Gasteiger partial charge on any atom is -0.453 e. The van der Waals surface area contributed by atoms with Crippen molar-refractivity contribution < 1.29 is 19.2 Å². The molecule has 0 heterocycles. The van der Waals surface area contributed by atoms with Crippen LogP contribution in [0.1, 0.15) is 38.5 Å². The summed E-state index contributed by atoms with van der Waals surface area (Å²) < 4.78 is 4.40. The average Bonchev–Trinajstić information content (AvgIpc) is 2.63. The van der Waals surface area contributed by atoms with Gasteiger partial charge in [0.1, 0.15) is 5.69 Å². The SMILES string of the molecule is COC(=O)NC(=S)Nc1ccc(NC(=O)CC2CCCCC2)cc1[N+](=O)[O-]. The lowest BCUT2D eigenvalue weighted by atomic mass is 9.87. The van der Waals surface area contributed by atoms with Gasteiger partial charge in [0.2, 0.25) is 5.91 Å². The van der Waals surface area contributed by atoms with Crippen LogP contribution in [0.25, 0.3) is 0 Å². The molecule has 0 aliphatic heterocycles. The average molecular weight is 394 g/mol. The first-order valence-corrected chi connectivity index (χ1v) is 9.04. The van der Waals surface area contributed by atoms with Crippen LogP contribution in [-0.2, 0) is 9.53 Å². The monoisotopic (exact) mass is 394 g/mol. The standard InChI is InChI=1S/C17H22N4O5S/c1-26-17(23)20-16(27)19-13-8-7-12(10-14(13)21(24)25)18-15(22)9-11-5-3-2-4-6-11/h7-8,10-11H,2-6,9H2,1H3,(H,18,22)(H2,19,20,23,27). The molecule has 9 nitrogen and oxygen atoms in total. The fraction of sp³-hybridized carbons (Fsp3) is 0.471. The van der Waals surface area contributed by atoms with Gasteiger partial charge < -0.3 is 15.4 Å². The molecule has 1 aliphatic carbocycles. The number of alkyl carbamates (subject to hydrolysis) is 1. The summed E-state index contributed by atoms with van der Waals surface area (Å²) in [5, 5.41) is 18.7. The predicted molar refractivity (Wildman–Crippen MR) is 105 cm³/mol. The molecule has 1 aliphatic rings. The summed E-state index contributed by atoms with van der Waals surface area (Å²) in [6.45, 7) is 0. The molecule has 3 N–H and O–H groups in total. The Bertz CT molecular complexity index is 734. The fourth-order valence-electron chi connectivity index (χ4n) is 3.03. The van der Waals surface area contributed by atoms with Crippen molar-refractivity contribution in [3.63, 3.8) is 0 Å². The highest BCUT2D eigenvalue weighted by atomic mass is 32.1. The van der Waals surface area contributed by atoms with Gasteiger partial charge in [0.05, 0.1) is 12.0 Å². The summed E-state index contributed by atoms with van der Waals surface area (Å²) in [5.74, 6) is 0.219. The van der Waals surface area contributed by atoms with E-state index in [0.717, 1.165) is 25.7 Å². The number of nitrogens with zero attached hydrogens (tertiary/aromatic N) is 1. The van der Waals surface area contributed by atoms with Gasteiger partial charge >= 0.3 is 6.09 Å². The number of benzene rings is 1. The second kappa shape index (κ2) is 9.81. The van der Waals surface area contributed by atoms with E-state index in [1.54, 1.807) is 0 Å². The molecule has 146 valence electrons. The Kier molecular flexibility index (Phi) is 7.47. The number of rotatable bonds is 5. The molecule has 0 atom stereocenters. The fourth-order valence-corrected chi connectivity index (χ4v) is 3.22. The molecule has 0 unspecified atom stereocenters. The van der Waals surface area contributed by atoms with Gasteiger partial charge in [-0.05, 0) is 43.1 Å². The van der Waals surface area contributed by atoms with Gasteiger partial charge in [-0.1, -0.05) is 19.3 Å². The minimum atomic E-state index is -0.790. The van der Waals surface area contributed by atoms with Crippen LogP contribution < -0.4 is 16.0 Å². The van der Waals surface area contributed by atoms with Gasteiger partial charge in [-0.3, -0.25) is 20.2 Å². The van der Waals surface area contributed by atoms with E-state index in [2.05, 4.69) is 20.7 Å². The molecule has 0 saturated heterocycles. The van der Waals surface area contributed by atoms with E-state index in [9.17, 15) is 19.7 Å². The van der Waals surface area contributed by atoms with Crippen molar-refractivity contribution >= 4 is 46.4 Å². The Morgan fingerprint density at radius 2 is 1.96 bits per heavy atom. The Morgan fingerprint density at radius 1 is 1.26 bits per heavy atom. The normalized spacial score (nSPS) is 14.1. The number of hydrogen-bond acceptors (Lipinski definition) is 6. The molecular formula is C17H22N4O5S. The molecule has 0 bridgehead atoms. The van der Waals surface area contributed by atoms with Crippen LogP contribution in [0.3, 0.4) is 0 Å². The summed E-state index contributed by atoms with van der Waals surface area (Å²) in [6, 6.07) is 4.20. The second-order valence-electron chi connectivity index (χ2n) is 6.32. The van der Waals surface area contributed by atoms with Gasteiger partial charge in [-0.15, -0.1) is 0 Å². The highest BCUT2D eigenvalue weighted by Gasteiger charge is 2.20. The molecular weight excluding hydrogens is 372 g/mol. The number of carbonyl (C=O) groups excluding carboxylic acids is 2. The lowest BCUT2D eigenvalue weighted by Crippen LogP contribution is -2.34. The molecule has 1 fully saturated rings. The van der Waals surface area contributed by atoms with Crippen molar-refractivity contribution in [2.24, 2.45) is 5.92 Å². The van der Waals surface area contributed by atoms with E-state index < -0.39 is 11.0 Å². The van der Waals surface area contributed by atoms with Gasteiger partial charge in [-0.2, -0.15) is 0 Å². The van der Waals surface area contributed by atoms with Gasteiger partial charge in [-0.25, -0.2) is 4.79 Å². The van der Waals surface area contributed by atoms with Crippen LogP contribution in [0, 0.1) is 16.0 Å². The number of amides is 2. The summed E-state index contributed by atoms with van der Waals surface area (Å²) in [5.41, 5.74) is 0.145. The molecule has 2 rings (SSSR count). The highest BCUT2D eigenvalue weighted by Crippen LogP contribution is 2.29. The molecule has 0 aromatic heterocycles. The third-order valence-electron chi connectivity index (χ3n) is 4.33. The Morgan fingerprint density at radius 3 is 2.59 bits per heavy atom. The number of nitrogens with one attached hydrogen (secondary N) is 3. The van der Waals surface area contributed by atoms with E-state index in [1.165, 1.54) is 31.7 Å². The molecule has 2 amide bonds. The van der Waals surface area contributed by atoms with Crippen LogP contribution in [0.5, 0.6) is 0 Å². The molecule has 1 aromatic rings. The van der Waals surface area contributed by atoms with Gasteiger partial charge in [0.15, 0.2) is 5.11 Å². The first-order chi connectivity index (χ1) is 12.9. The van der Waals surface area contributed by atoms with Crippen molar-refractivity contribution in [2.75, 3.05) is 17.7 Å². The number of nitro benzene ring substituents is 1. The number of ether oxygens (including phenoxy) is 1. The number of carbonyl (C=O) groups is 2. The largest absolute Gasteiger partial charge is 0.453 e. The maximum absolute atomic E-state index is 12.2. The van der Waals surface area contributed by atoms with Crippen LogP contribution in [0.4, 0.5) is 21.9 Å². The van der Waals surface area contributed by atoms with Crippen LogP contribution in [0.15, 0.2) is 18.2 Å². The van der Waals surface area contributed by atoms with Crippen molar-refractivity contribution in [3.05, 3.63) is 28.3 Å². The molecule has 0 radical (unpaired) electrons. The van der Waals surface area contributed by atoms with Gasteiger partial charge in [0, 0.05) is 18.2 Å². The van der Waals surface area contributed by atoms with Crippen LogP contribution in [0.2, 0.25) is 0 Å². The number of hydrogen-bond donors (Lipinski definition) is 3. The Labute approximate surface area is 162 Å². The lowest BCUT2D eigenvalue weighted by Gasteiger charge is -2.20. The van der Waals surface area contributed by atoms with E-state index in [1.807, 2.05) is 0 Å². The summed E-state index contributed by atoms with van der Waals surface area (Å²) in [4.78, 5) is 34.1. The third-order valence-corrected chi connectivity index (χ3v) is 4.53. The first kappa shape index (κ1) is 20.6. The summed E-state index contributed by atoms with van der Waals surface area (Å²) >= 11 is 4.90. The van der Waals surface area contributed by atoms with Crippen molar-refractivity contribution in [1.29, 1.82) is 0 Å². The summed E-state index contributed by atoms with van der Waals surface area (Å²) in [7, 11) is 1.17. The van der Waals surface area contributed by atoms with Crippen molar-refractivity contribution in [3.8, 4) is 0 Å². The number of methoxy groups -OCH3 is 1. The van der Waals surface area contributed by atoms with E-state index >= 15 is 0 Å². The van der Waals surface area contributed by atoms with Crippen LogP contribution >= 0.6 is 12.2 Å². The number of anilines is 2. The van der Waals surface area contributed by atoms with Crippen molar-refractivity contribution in [1.82, 2.24) is 5.32 Å². The molecule has 10 heteroatoms. The zero-order chi connectivity index (χ0) is 19.8. The topological polar surface area (TPSA) is 123 Å². The maximum Gasteiger partial charge on any atom is 0.413 e. The third kappa shape index (κ3) is 6.48. The van der Waals surface area contributed by atoms with E-state index in [0.29, 0.717) is 18.0 Å². The second-order valence-corrected chi connectivity index (χ2v) is 6.72. The summed E-state index contributed by atoms with van der Waals surface area (Å²) in [6.07, 6.45) is 5.21. The van der Waals surface area contributed by atoms with Crippen molar-refractivity contribution in [2.45, 2.75) is 38.5 Å². The first-order valence-electron chi connectivity index (χ1n) is 8.63. The Balaban J connectivity index is 2.03. The van der Waals surface area contributed by atoms with Crippen LogP contribution in [-0.4, -0.2) is 29.1 Å². The van der Waals surface area contributed by atoms with E-state index in [-0.39, 0.29) is 22.4 Å². The Hall–Kier alpha value is -2.75. The molecule has 1 aromatic carbocycles. The number of thiocarbonyl (C=S) groups is 1. The predicted octanol–water partition coefficient (Wildman–Crippen LogP) is 3.56. The zero-order valence-corrected chi connectivity index (χ0v) is 15.8. The molecule has 0 spiro atoms. The lowest BCUT2D eigenvalue weighted by molar-refractivity contribution is -0.383. The smallest absolute Gasteiger partial charge is 0.413 e. The zero-order valence-electron chi connectivity index (χ0n) is 14.9. The number of nitro groups is 1.